The van der Waals surface area contributed by atoms with E-state index in [9.17, 15) is 4.79 Å². The highest BCUT2D eigenvalue weighted by atomic mass is 35.5. The molecule has 15 heavy (non-hydrogen) atoms. The molecular formula is C10H9ClN2O2. The number of nitrogens with two attached hydrogens (primary N) is 1. The molecule has 0 atom stereocenters. The van der Waals surface area contributed by atoms with Gasteiger partial charge in [-0.3, -0.25) is 4.79 Å². The molecule has 0 amide bonds. The highest BCUT2D eigenvalue weighted by Gasteiger charge is 2.10. The standard InChI is InChI=1S/C10H9ClN2O2/c11-9-2-8(5-13)7(4-12)1-6(9)3-10(14)15/h1-2H,3,5,13H2,(H,14,15). The minimum atomic E-state index is -0.985. The Morgan fingerprint density at radius 3 is 2.67 bits per heavy atom. The normalized spacial score (nSPS) is 9.67. The fourth-order valence-electron chi connectivity index (χ4n) is 1.23. The van der Waals surface area contributed by atoms with Gasteiger partial charge in [0, 0.05) is 11.6 Å². The molecule has 1 aromatic carbocycles. The van der Waals surface area contributed by atoms with Crippen LogP contribution in [0.2, 0.25) is 5.02 Å². The lowest BCUT2D eigenvalue weighted by Gasteiger charge is -2.06. The summed E-state index contributed by atoms with van der Waals surface area (Å²) in [6.07, 6.45) is -0.196. The molecule has 1 aromatic rings. The van der Waals surface area contributed by atoms with E-state index < -0.39 is 5.97 Å². The van der Waals surface area contributed by atoms with Crippen molar-refractivity contribution in [2.24, 2.45) is 5.73 Å². The van der Waals surface area contributed by atoms with Gasteiger partial charge in [-0.25, -0.2) is 0 Å². The molecule has 1 rings (SSSR count). The summed E-state index contributed by atoms with van der Waals surface area (Å²) in [7, 11) is 0. The largest absolute Gasteiger partial charge is 0.481 e. The number of nitrogens with zero attached hydrogens (tertiary/aromatic N) is 1. The van der Waals surface area contributed by atoms with Crippen LogP contribution in [0.25, 0.3) is 0 Å². The van der Waals surface area contributed by atoms with Crippen LogP contribution in [-0.4, -0.2) is 11.1 Å². The fourth-order valence-corrected chi connectivity index (χ4v) is 1.48. The first-order valence-electron chi connectivity index (χ1n) is 4.21. The van der Waals surface area contributed by atoms with E-state index in [0.29, 0.717) is 21.7 Å². The van der Waals surface area contributed by atoms with Crippen LogP contribution in [0.15, 0.2) is 12.1 Å². The zero-order valence-corrected chi connectivity index (χ0v) is 8.58. The summed E-state index contributed by atoms with van der Waals surface area (Å²) < 4.78 is 0. The summed E-state index contributed by atoms with van der Waals surface area (Å²) in [5.74, 6) is -0.985. The third-order valence-electron chi connectivity index (χ3n) is 1.95. The molecule has 78 valence electrons. The second-order valence-corrected chi connectivity index (χ2v) is 3.39. The summed E-state index contributed by atoms with van der Waals surface area (Å²) in [6, 6.07) is 4.97. The van der Waals surface area contributed by atoms with E-state index in [4.69, 9.17) is 27.7 Å². The maximum Gasteiger partial charge on any atom is 0.307 e. The Bertz CT molecular complexity index is 438. The smallest absolute Gasteiger partial charge is 0.307 e. The molecule has 0 aliphatic heterocycles. The van der Waals surface area contributed by atoms with E-state index in [-0.39, 0.29) is 13.0 Å². The van der Waals surface area contributed by atoms with Crippen molar-refractivity contribution in [1.82, 2.24) is 0 Å². The van der Waals surface area contributed by atoms with Crippen LogP contribution in [0.3, 0.4) is 0 Å². The third-order valence-corrected chi connectivity index (χ3v) is 2.31. The SMILES string of the molecule is N#Cc1cc(CC(=O)O)c(Cl)cc1CN. The van der Waals surface area contributed by atoms with E-state index >= 15 is 0 Å². The van der Waals surface area contributed by atoms with Crippen molar-refractivity contribution in [1.29, 1.82) is 5.26 Å². The van der Waals surface area contributed by atoms with Crippen molar-refractivity contribution < 1.29 is 9.90 Å². The Hall–Kier alpha value is -1.57. The molecule has 0 saturated carbocycles. The van der Waals surface area contributed by atoms with Gasteiger partial charge < -0.3 is 10.8 Å². The molecule has 0 aliphatic rings. The lowest BCUT2D eigenvalue weighted by atomic mass is 10.0. The van der Waals surface area contributed by atoms with E-state index in [1.807, 2.05) is 6.07 Å². The fraction of sp³-hybridized carbons (Fsp3) is 0.200. The maximum atomic E-state index is 10.5. The van der Waals surface area contributed by atoms with Crippen molar-refractivity contribution in [3.8, 4) is 6.07 Å². The van der Waals surface area contributed by atoms with Gasteiger partial charge in [0.15, 0.2) is 0 Å². The molecule has 0 aromatic heterocycles. The molecule has 0 unspecified atom stereocenters. The first-order valence-corrected chi connectivity index (χ1v) is 4.59. The Kier molecular flexibility index (Phi) is 3.67. The lowest BCUT2D eigenvalue weighted by molar-refractivity contribution is -0.136. The number of carbonyl (C=O) groups is 1. The molecular weight excluding hydrogens is 216 g/mol. The van der Waals surface area contributed by atoms with Gasteiger partial charge in [-0.05, 0) is 23.3 Å². The van der Waals surface area contributed by atoms with Gasteiger partial charge in [0.25, 0.3) is 0 Å². The van der Waals surface area contributed by atoms with Crippen LogP contribution in [0, 0.1) is 11.3 Å². The molecule has 0 radical (unpaired) electrons. The zero-order valence-electron chi connectivity index (χ0n) is 7.83. The number of rotatable bonds is 3. The molecule has 0 bridgehead atoms. The summed E-state index contributed by atoms with van der Waals surface area (Å²) in [6.45, 7) is 0.204. The minimum Gasteiger partial charge on any atom is -0.481 e. The van der Waals surface area contributed by atoms with Crippen LogP contribution in [0.1, 0.15) is 16.7 Å². The minimum absolute atomic E-state index is 0.196. The molecule has 5 heteroatoms. The summed E-state index contributed by atoms with van der Waals surface area (Å²) in [4.78, 5) is 10.5. The van der Waals surface area contributed by atoms with Crippen molar-refractivity contribution in [3.63, 3.8) is 0 Å². The Morgan fingerprint density at radius 1 is 1.53 bits per heavy atom. The lowest BCUT2D eigenvalue weighted by Crippen LogP contribution is -2.05. The number of carboxylic acids is 1. The van der Waals surface area contributed by atoms with Gasteiger partial charge in [-0.15, -0.1) is 0 Å². The first-order chi connectivity index (χ1) is 7.08. The molecule has 0 fully saturated rings. The topological polar surface area (TPSA) is 87.1 Å². The van der Waals surface area contributed by atoms with Crippen molar-refractivity contribution in [2.75, 3.05) is 0 Å². The molecule has 3 N–H and O–H groups in total. The van der Waals surface area contributed by atoms with Crippen LogP contribution in [-0.2, 0) is 17.8 Å². The first kappa shape index (κ1) is 11.5. The second kappa shape index (κ2) is 4.78. The summed E-state index contributed by atoms with van der Waals surface area (Å²) >= 11 is 5.85. The quantitative estimate of drug-likeness (QED) is 0.810. The predicted octanol–water partition coefficient (Wildman–Crippen LogP) is 1.30. The maximum absolute atomic E-state index is 10.5. The van der Waals surface area contributed by atoms with E-state index in [2.05, 4.69) is 0 Å². The molecule has 0 saturated heterocycles. The van der Waals surface area contributed by atoms with Gasteiger partial charge in [-0.1, -0.05) is 11.6 Å². The van der Waals surface area contributed by atoms with Gasteiger partial charge >= 0.3 is 5.97 Å². The number of hydrogen-bond acceptors (Lipinski definition) is 3. The predicted molar refractivity (Wildman–Crippen MR) is 55.4 cm³/mol. The van der Waals surface area contributed by atoms with Crippen LogP contribution in [0.4, 0.5) is 0 Å². The Balaban J connectivity index is 3.21. The number of benzene rings is 1. The molecule has 4 nitrogen and oxygen atoms in total. The molecule has 0 heterocycles. The van der Waals surface area contributed by atoms with E-state index in [0.717, 1.165) is 0 Å². The molecule has 0 aliphatic carbocycles. The van der Waals surface area contributed by atoms with Crippen LogP contribution >= 0.6 is 11.6 Å². The van der Waals surface area contributed by atoms with E-state index in [1.165, 1.54) is 6.07 Å². The third kappa shape index (κ3) is 2.69. The number of halogens is 1. The summed E-state index contributed by atoms with van der Waals surface area (Å²) in [5.41, 5.74) is 6.84. The van der Waals surface area contributed by atoms with Gasteiger partial charge in [0.05, 0.1) is 18.1 Å². The van der Waals surface area contributed by atoms with Crippen molar-refractivity contribution in [2.45, 2.75) is 13.0 Å². The average Bonchev–Trinajstić information content (AvgIpc) is 2.19. The highest BCUT2D eigenvalue weighted by Crippen LogP contribution is 2.21. The van der Waals surface area contributed by atoms with Crippen LogP contribution < -0.4 is 5.73 Å². The van der Waals surface area contributed by atoms with Gasteiger partial charge in [0.2, 0.25) is 0 Å². The van der Waals surface area contributed by atoms with Gasteiger partial charge in [0.1, 0.15) is 0 Å². The molecule has 0 spiro atoms. The highest BCUT2D eigenvalue weighted by molar-refractivity contribution is 6.31. The zero-order chi connectivity index (χ0) is 11.4. The monoisotopic (exact) mass is 224 g/mol. The number of hydrogen-bond donors (Lipinski definition) is 2. The number of nitriles is 1. The summed E-state index contributed by atoms with van der Waals surface area (Å²) in [5, 5.41) is 17.7. The number of aliphatic carboxylic acids is 1. The second-order valence-electron chi connectivity index (χ2n) is 2.99. The average molecular weight is 225 g/mol. The van der Waals surface area contributed by atoms with Crippen molar-refractivity contribution >= 4 is 17.6 Å². The van der Waals surface area contributed by atoms with Crippen molar-refractivity contribution in [3.05, 3.63) is 33.8 Å². The van der Waals surface area contributed by atoms with Crippen LogP contribution in [0.5, 0.6) is 0 Å². The Labute approximate surface area is 91.9 Å². The Morgan fingerprint density at radius 2 is 2.20 bits per heavy atom. The number of carboxylic acid groups (broad SMARTS) is 1. The van der Waals surface area contributed by atoms with Gasteiger partial charge in [-0.2, -0.15) is 5.26 Å². The van der Waals surface area contributed by atoms with E-state index in [1.54, 1.807) is 6.07 Å².